The highest BCUT2D eigenvalue weighted by molar-refractivity contribution is 5.59. The molecule has 0 amide bonds. The van der Waals surface area contributed by atoms with Crippen LogP contribution in [0, 0.1) is 0 Å². The highest BCUT2D eigenvalue weighted by Gasteiger charge is 2.10. The second-order valence-corrected chi connectivity index (χ2v) is 3.60. The molecule has 1 unspecified atom stereocenters. The smallest absolute Gasteiger partial charge is 0.145 e. The van der Waals surface area contributed by atoms with Gasteiger partial charge in [-0.05, 0) is 18.6 Å². The van der Waals surface area contributed by atoms with Crippen molar-refractivity contribution < 1.29 is 19.7 Å². The van der Waals surface area contributed by atoms with E-state index in [0.717, 1.165) is 5.69 Å². The van der Waals surface area contributed by atoms with E-state index in [1.807, 2.05) is 6.07 Å². The van der Waals surface area contributed by atoms with Crippen molar-refractivity contribution in [3.63, 3.8) is 0 Å². The molecule has 0 fully saturated rings. The molecule has 3 N–H and O–H groups in total. The zero-order valence-electron chi connectivity index (χ0n) is 10.1. The summed E-state index contributed by atoms with van der Waals surface area (Å²) in [6, 6.07) is 5.19. The minimum atomic E-state index is -0.192. The number of hydrogen-bond donors (Lipinski definition) is 3. The van der Waals surface area contributed by atoms with Crippen LogP contribution in [0.3, 0.4) is 0 Å². The molecule has 5 heteroatoms. The number of anilines is 1. The predicted molar refractivity (Wildman–Crippen MR) is 65.7 cm³/mol. The molecule has 0 heterocycles. The second kappa shape index (κ2) is 6.98. The van der Waals surface area contributed by atoms with Gasteiger partial charge in [0, 0.05) is 12.7 Å². The second-order valence-electron chi connectivity index (χ2n) is 3.60. The quantitative estimate of drug-likeness (QED) is 0.660. The van der Waals surface area contributed by atoms with Gasteiger partial charge in [0.25, 0.3) is 0 Å². The van der Waals surface area contributed by atoms with Crippen molar-refractivity contribution in [1.29, 1.82) is 0 Å². The van der Waals surface area contributed by atoms with Gasteiger partial charge in [0.1, 0.15) is 11.5 Å². The van der Waals surface area contributed by atoms with Crippen LogP contribution in [0.2, 0.25) is 0 Å². The van der Waals surface area contributed by atoms with Crippen molar-refractivity contribution in [3.8, 4) is 11.5 Å². The fourth-order valence-corrected chi connectivity index (χ4v) is 1.50. The Morgan fingerprint density at radius 3 is 2.53 bits per heavy atom. The molecule has 0 aromatic heterocycles. The molecule has 1 aromatic carbocycles. The number of aliphatic hydroxyl groups is 2. The molecule has 1 rings (SSSR count). The molecule has 17 heavy (non-hydrogen) atoms. The average Bonchev–Trinajstić information content (AvgIpc) is 2.38. The van der Waals surface area contributed by atoms with Gasteiger partial charge in [0.2, 0.25) is 0 Å². The summed E-state index contributed by atoms with van der Waals surface area (Å²) < 4.78 is 10.3. The Morgan fingerprint density at radius 2 is 2.00 bits per heavy atom. The number of benzene rings is 1. The lowest BCUT2D eigenvalue weighted by Gasteiger charge is -2.19. The van der Waals surface area contributed by atoms with Crippen molar-refractivity contribution in [2.75, 3.05) is 32.8 Å². The first-order valence-electron chi connectivity index (χ1n) is 5.45. The number of rotatable bonds is 7. The largest absolute Gasteiger partial charge is 0.497 e. The molecule has 0 aliphatic carbocycles. The zero-order valence-corrected chi connectivity index (χ0v) is 10.1. The molecule has 1 aromatic rings. The SMILES string of the molecule is COc1ccc(NC(CO)CCO)c(OC)c1. The van der Waals surface area contributed by atoms with E-state index in [1.165, 1.54) is 0 Å². The lowest BCUT2D eigenvalue weighted by molar-refractivity contribution is 0.228. The van der Waals surface area contributed by atoms with Crippen molar-refractivity contribution in [3.05, 3.63) is 18.2 Å². The Kier molecular flexibility index (Phi) is 5.59. The monoisotopic (exact) mass is 241 g/mol. The van der Waals surface area contributed by atoms with Crippen LogP contribution < -0.4 is 14.8 Å². The molecule has 0 saturated heterocycles. The summed E-state index contributed by atoms with van der Waals surface area (Å²) in [7, 11) is 3.16. The summed E-state index contributed by atoms with van der Waals surface area (Å²) in [5.74, 6) is 1.34. The molecule has 0 bridgehead atoms. The molecule has 5 nitrogen and oxygen atoms in total. The topological polar surface area (TPSA) is 71.0 Å². The van der Waals surface area contributed by atoms with E-state index in [1.54, 1.807) is 26.4 Å². The molecule has 0 aliphatic heterocycles. The first-order valence-corrected chi connectivity index (χ1v) is 5.45. The Bertz CT molecular complexity index is 343. The molecular formula is C12H19NO4. The van der Waals surface area contributed by atoms with Crippen molar-refractivity contribution in [1.82, 2.24) is 0 Å². The number of hydrogen-bond acceptors (Lipinski definition) is 5. The van der Waals surface area contributed by atoms with E-state index in [4.69, 9.17) is 19.7 Å². The number of nitrogens with one attached hydrogen (secondary N) is 1. The number of methoxy groups -OCH3 is 2. The third kappa shape index (κ3) is 3.80. The van der Waals surface area contributed by atoms with Crippen LogP contribution in [0.4, 0.5) is 5.69 Å². The fourth-order valence-electron chi connectivity index (χ4n) is 1.50. The molecular weight excluding hydrogens is 222 g/mol. The summed E-state index contributed by atoms with van der Waals surface area (Å²) in [6.07, 6.45) is 0.478. The van der Waals surface area contributed by atoms with E-state index in [-0.39, 0.29) is 19.3 Å². The Labute approximate surface area is 101 Å². The van der Waals surface area contributed by atoms with Crippen molar-refractivity contribution in [2.24, 2.45) is 0 Å². The third-order valence-electron chi connectivity index (χ3n) is 2.47. The van der Waals surface area contributed by atoms with Crippen LogP contribution in [0.15, 0.2) is 18.2 Å². The Hall–Kier alpha value is -1.46. The van der Waals surface area contributed by atoms with Gasteiger partial charge in [-0.3, -0.25) is 0 Å². The summed E-state index contributed by atoms with van der Waals surface area (Å²) in [5, 5.41) is 21.1. The molecule has 0 aliphatic rings. The van der Waals surface area contributed by atoms with Gasteiger partial charge in [0.05, 0.1) is 32.6 Å². The Balaban J connectivity index is 2.81. The van der Waals surface area contributed by atoms with E-state index in [0.29, 0.717) is 17.9 Å². The maximum absolute atomic E-state index is 9.14. The van der Waals surface area contributed by atoms with Gasteiger partial charge in [-0.2, -0.15) is 0 Å². The maximum atomic E-state index is 9.14. The van der Waals surface area contributed by atoms with Crippen LogP contribution in [0.1, 0.15) is 6.42 Å². The first-order chi connectivity index (χ1) is 8.24. The minimum absolute atomic E-state index is 0.0245. The normalized spacial score (nSPS) is 12.0. The van der Waals surface area contributed by atoms with Crippen molar-refractivity contribution in [2.45, 2.75) is 12.5 Å². The summed E-state index contributed by atoms with van der Waals surface area (Å²) in [6.45, 7) is -0.0214. The summed E-state index contributed by atoms with van der Waals surface area (Å²) in [5.41, 5.74) is 0.765. The van der Waals surface area contributed by atoms with Crippen LogP contribution in [0.5, 0.6) is 11.5 Å². The van der Waals surface area contributed by atoms with Gasteiger partial charge < -0.3 is 25.0 Å². The van der Waals surface area contributed by atoms with Crippen LogP contribution in [-0.2, 0) is 0 Å². The lowest BCUT2D eigenvalue weighted by atomic mass is 10.2. The van der Waals surface area contributed by atoms with E-state index in [9.17, 15) is 0 Å². The third-order valence-corrected chi connectivity index (χ3v) is 2.47. The van der Waals surface area contributed by atoms with Gasteiger partial charge in [0.15, 0.2) is 0 Å². The van der Waals surface area contributed by atoms with E-state index < -0.39 is 0 Å². The first kappa shape index (κ1) is 13.6. The standard InChI is InChI=1S/C12H19NO4/c1-16-10-3-4-11(12(7-10)17-2)13-9(8-15)5-6-14/h3-4,7,9,13-15H,5-6,8H2,1-2H3. The highest BCUT2D eigenvalue weighted by atomic mass is 16.5. The summed E-state index contributed by atoms with van der Waals surface area (Å²) in [4.78, 5) is 0. The molecule has 0 spiro atoms. The predicted octanol–water partition coefficient (Wildman–Crippen LogP) is 0.859. The van der Waals surface area contributed by atoms with Gasteiger partial charge >= 0.3 is 0 Å². The van der Waals surface area contributed by atoms with Gasteiger partial charge in [-0.25, -0.2) is 0 Å². The van der Waals surface area contributed by atoms with Crippen LogP contribution in [-0.4, -0.2) is 43.7 Å². The minimum Gasteiger partial charge on any atom is -0.497 e. The van der Waals surface area contributed by atoms with Crippen molar-refractivity contribution >= 4 is 5.69 Å². The number of ether oxygens (including phenoxy) is 2. The molecule has 1 atom stereocenters. The van der Waals surface area contributed by atoms with E-state index in [2.05, 4.69) is 5.32 Å². The van der Waals surface area contributed by atoms with Crippen LogP contribution in [0.25, 0.3) is 0 Å². The van der Waals surface area contributed by atoms with Gasteiger partial charge in [-0.15, -0.1) is 0 Å². The lowest BCUT2D eigenvalue weighted by Crippen LogP contribution is -2.25. The molecule has 96 valence electrons. The summed E-state index contributed by atoms with van der Waals surface area (Å²) >= 11 is 0. The molecule has 0 saturated carbocycles. The number of aliphatic hydroxyl groups excluding tert-OH is 2. The zero-order chi connectivity index (χ0) is 12.7. The fraction of sp³-hybridized carbons (Fsp3) is 0.500. The average molecular weight is 241 g/mol. The van der Waals surface area contributed by atoms with E-state index >= 15 is 0 Å². The maximum Gasteiger partial charge on any atom is 0.145 e. The van der Waals surface area contributed by atoms with Gasteiger partial charge in [-0.1, -0.05) is 0 Å². The molecule has 0 radical (unpaired) electrons. The van der Waals surface area contributed by atoms with Crippen LogP contribution >= 0.6 is 0 Å². The Morgan fingerprint density at radius 1 is 1.24 bits per heavy atom. The highest BCUT2D eigenvalue weighted by Crippen LogP contribution is 2.29.